The Morgan fingerprint density at radius 3 is 2.29 bits per heavy atom. The van der Waals surface area contributed by atoms with Gasteiger partial charge in [-0.25, -0.2) is 0 Å². The van der Waals surface area contributed by atoms with Gasteiger partial charge in [-0.2, -0.15) is 0 Å². The minimum Gasteiger partial charge on any atom is -0.507 e. The van der Waals surface area contributed by atoms with Gasteiger partial charge in [-0.15, -0.1) is 0 Å². The summed E-state index contributed by atoms with van der Waals surface area (Å²) in [6, 6.07) is 24.2. The maximum Gasteiger partial charge on any atom is 0.127 e. The van der Waals surface area contributed by atoms with Crippen molar-refractivity contribution in [2.24, 2.45) is 5.92 Å². The van der Waals surface area contributed by atoms with Crippen LogP contribution in [-0.2, 0) is 0 Å². The highest BCUT2D eigenvalue weighted by molar-refractivity contribution is 5.76. The zero-order valence-corrected chi connectivity index (χ0v) is 16.9. The number of hydrogen-bond donors (Lipinski definition) is 1. The minimum absolute atomic E-state index is 0.254. The minimum atomic E-state index is 0.254. The van der Waals surface area contributed by atoms with Crippen LogP contribution in [0.4, 0.5) is 0 Å². The van der Waals surface area contributed by atoms with Gasteiger partial charge in [0.2, 0.25) is 0 Å². The summed E-state index contributed by atoms with van der Waals surface area (Å²) < 4.78 is 5.96. The molecular formula is C26H30O2. The molecule has 3 rings (SSSR count). The Kier molecular flexibility index (Phi) is 7.13. The first-order valence-corrected chi connectivity index (χ1v) is 10.3. The first kappa shape index (κ1) is 20.0. The molecule has 0 bridgehead atoms. The molecule has 28 heavy (non-hydrogen) atoms. The maximum absolute atomic E-state index is 10.6. The highest BCUT2D eigenvalue weighted by atomic mass is 16.5. The lowest BCUT2D eigenvalue weighted by molar-refractivity contribution is 0.232. The van der Waals surface area contributed by atoms with E-state index in [1.807, 2.05) is 42.5 Å². The van der Waals surface area contributed by atoms with E-state index in [2.05, 4.69) is 38.1 Å². The van der Waals surface area contributed by atoms with Crippen molar-refractivity contribution >= 4 is 0 Å². The fourth-order valence-electron chi connectivity index (χ4n) is 3.45. The van der Waals surface area contributed by atoms with Gasteiger partial charge in [-0.1, -0.05) is 81.6 Å². The summed E-state index contributed by atoms with van der Waals surface area (Å²) in [6.07, 6.45) is 4.78. The van der Waals surface area contributed by atoms with E-state index < -0.39 is 0 Å². The number of rotatable bonds is 9. The fourth-order valence-corrected chi connectivity index (χ4v) is 3.45. The summed E-state index contributed by atoms with van der Waals surface area (Å²) in [4.78, 5) is 0. The van der Waals surface area contributed by atoms with Gasteiger partial charge in [-0.05, 0) is 47.2 Å². The van der Waals surface area contributed by atoms with Crippen LogP contribution in [0.25, 0.3) is 22.3 Å². The molecule has 0 spiro atoms. The van der Waals surface area contributed by atoms with E-state index in [-0.39, 0.29) is 5.75 Å². The lowest BCUT2D eigenvalue weighted by Gasteiger charge is -2.16. The Hall–Kier alpha value is -2.74. The normalized spacial score (nSPS) is 11.9. The third-order valence-corrected chi connectivity index (χ3v) is 5.28. The predicted molar refractivity (Wildman–Crippen MR) is 118 cm³/mol. The first-order chi connectivity index (χ1) is 13.7. The first-order valence-electron chi connectivity index (χ1n) is 10.3. The molecule has 1 N–H and O–H groups in total. The standard InChI is InChI=1S/C26H30O2/c1-3-5-10-20(4-2)19-28-24-15-16-25(26(27)18-24)23-14-9-13-22(17-23)21-11-7-6-8-12-21/h6-9,11-18,20,27H,3-5,10,19H2,1-2H3. The second kappa shape index (κ2) is 9.98. The molecule has 1 atom stereocenters. The van der Waals surface area contributed by atoms with Crippen LogP contribution in [0.5, 0.6) is 11.5 Å². The number of aromatic hydroxyl groups is 1. The van der Waals surface area contributed by atoms with E-state index in [1.54, 1.807) is 6.07 Å². The van der Waals surface area contributed by atoms with Crippen molar-refractivity contribution in [3.63, 3.8) is 0 Å². The number of unbranched alkanes of at least 4 members (excludes halogenated alkanes) is 1. The van der Waals surface area contributed by atoms with Crippen LogP contribution in [0.15, 0.2) is 72.8 Å². The SMILES string of the molecule is CCCCC(CC)COc1ccc(-c2cccc(-c3ccccc3)c2)c(O)c1. The molecule has 3 aromatic rings. The molecule has 0 heterocycles. The molecule has 0 aliphatic carbocycles. The van der Waals surface area contributed by atoms with Gasteiger partial charge in [-0.3, -0.25) is 0 Å². The molecule has 146 valence electrons. The number of benzene rings is 3. The summed E-state index contributed by atoms with van der Waals surface area (Å²) in [7, 11) is 0. The van der Waals surface area contributed by atoms with E-state index in [1.165, 1.54) is 24.8 Å². The van der Waals surface area contributed by atoms with Crippen LogP contribution in [0.1, 0.15) is 39.5 Å². The number of phenolic OH excluding ortho intramolecular Hbond substituents is 1. The van der Waals surface area contributed by atoms with Gasteiger partial charge < -0.3 is 9.84 Å². The molecule has 0 saturated heterocycles. The van der Waals surface area contributed by atoms with Gasteiger partial charge in [0.1, 0.15) is 11.5 Å². The van der Waals surface area contributed by atoms with Crippen molar-refractivity contribution in [2.75, 3.05) is 6.61 Å². The molecule has 0 aromatic heterocycles. The molecule has 3 aromatic carbocycles. The lowest BCUT2D eigenvalue weighted by atomic mass is 9.98. The van der Waals surface area contributed by atoms with Crippen molar-refractivity contribution in [1.29, 1.82) is 0 Å². The molecule has 0 saturated carbocycles. The number of ether oxygens (including phenoxy) is 1. The second-order valence-electron chi connectivity index (χ2n) is 7.35. The Balaban J connectivity index is 1.74. The molecule has 2 heteroatoms. The third kappa shape index (κ3) is 5.16. The van der Waals surface area contributed by atoms with Crippen molar-refractivity contribution in [2.45, 2.75) is 39.5 Å². The molecule has 0 amide bonds. The maximum atomic E-state index is 10.6. The molecule has 0 aliphatic heterocycles. The summed E-state index contributed by atoms with van der Waals surface area (Å²) in [6.45, 7) is 5.14. The summed E-state index contributed by atoms with van der Waals surface area (Å²) in [5.74, 6) is 1.56. The summed E-state index contributed by atoms with van der Waals surface area (Å²) in [5, 5.41) is 10.6. The molecule has 1 unspecified atom stereocenters. The Bertz CT molecular complexity index is 871. The highest BCUT2D eigenvalue weighted by Crippen LogP contribution is 2.34. The van der Waals surface area contributed by atoms with Crippen LogP contribution in [0.2, 0.25) is 0 Å². The molecule has 0 aliphatic rings. The summed E-state index contributed by atoms with van der Waals surface area (Å²) >= 11 is 0. The van der Waals surface area contributed by atoms with Gasteiger partial charge in [0.25, 0.3) is 0 Å². The molecule has 0 fully saturated rings. The Morgan fingerprint density at radius 2 is 1.57 bits per heavy atom. The lowest BCUT2D eigenvalue weighted by Crippen LogP contribution is -2.11. The van der Waals surface area contributed by atoms with Crippen molar-refractivity contribution in [1.82, 2.24) is 0 Å². The number of phenols is 1. The van der Waals surface area contributed by atoms with E-state index in [0.717, 1.165) is 28.9 Å². The van der Waals surface area contributed by atoms with Crippen LogP contribution < -0.4 is 4.74 Å². The average Bonchev–Trinajstić information content (AvgIpc) is 2.75. The topological polar surface area (TPSA) is 29.5 Å². The molecule has 0 radical (unpaired) electrons. The van der Waals surface area contributed by atoms with Crippen LogP contribution >= 0.6 is 0 Å². The van der Waals surface area contributed by atoms with E-state index in [4.69, 9.17) is 4.74 Å². The quantitative estimate of drug-likeness (QED) is 0.425. The largest absolute Gasteiger partial charge is 0.507 e. The number of hydrogen-bond acceptors (Lipinski definition) is 2. The predicted octanol–water partition coefficient (Wildman–Crippen LogP) is 7.32. The Labute approximate surface area is 168 Å². The monoisotopic (exact) mass is 374 g/mol. The molecular weight excluding hydrogens is 344 g/mol. The van der Waals surface area contributed by atoms with Gasteiger partial charge in [0, 0.05) is 11.6 Å². The average molecular weight is 375 g/mol. The third-order valence-electron chi connectivity index (χ3n) is 5.28. The van der Waals surface area contributed by atoms with Crippen molar-refractivity contribution in [3.05, 3.63) is 72.8 Å². The van der Waals surface area contributed by atoms with Crippen LogP contribution in [-0.4, -0.2) is 11.7 Å². The van der Waals surface area contributed by atoms with E-state index in [0.29, 0.717) is 12.5 Å². The Morgan fingerprint density at radius 1 is 0.821 bits per heavy atom. The second-order valence-corrected chi connectivity index (χ2v) is 7.35. The fraction of sp³-hybridized carbons (Fsp3) is 0.308. The van der Waals surface area contributed by atoms with Crippen molar-refractivity contribution < 1.29 is 9.84 Å². The van der Waals surface area contributed by atoms with Crippen LogP contribution in [0, 0.1) is 5.92 Å². The zero-order valence-electron chi connectivity index (χ0n) is 16.9. The zero-order chi connectivity index (χ0) is 19.8. The molecule has 2 nitrogen and oxygen atoms in total. The van der Waals surface area contributed by atoms with Crippen LogP contribution in [0.3, 0.4) is 0 Å². The van der Waals surface area contributed by atoms with Gasteiger partial charge in [0.15, 0.2) is 0 Å². The van der Waals surface area contributed by atoms with Gasteiger partial charge >= 0.3 is 0 Å². The van der Waals surface area contributed by atoms with Crippen molar-refractivity contribution in [3.8, 4) is 33.8 Å². The smallest absolute Gasteiger partial charge is 0.127 e. The van der Waals surface area contributed by atoms with Gasteiger partial charge in [0.05, 0.1) is 6.61 Å². The summed E-state index contributed by atoms with van der Waals surface area (Å²) in [5.41, 5.74) is 4.13. The highest BCUT2D eigenvalue weighted by Gasteiger charge is 2.10. The van der Waals surface area contributed by atoms with E-state index >= 15 is 0 Å². The van der Waals surface area contributed by atoms with E-state index in [9.17, 15) is 5.11 Å².